The molecule has 0 aliphatic carbocycles. The highest BCUT2D eigenvalue weighted by molar-refractivity contribution is 6.30. The number of hydrogen-bond donors (Lipinski definition) is 1. The number of aliphatic carboxylic acids is 1. The van der Waals surface area contributed by atoms with Crippen LogP contribution in [0, 0.1) is 0 Å². The molecule has 2 aromatic heterocycles. The minimum absolute atomic E-state index is 0.0826. The number of amides is 1. The van der Waals surface area contributed by atoms with Crippen LogP contribution in [-0.4, -0.2) is 53.2 Å². The summed E-state index contributed by atoms with van der Waals surface area (Å²) in [6.07, 6.45) is 2.71. The summed E-state index contributed by atoms with van der Waals surface area (Å²) in [5, 5.41) is 18.1. The average molecular weight is 519 g/mol. The first-order valence-electron chi connectivity index (χ1n) is 12.4. The molecule has 0 bridgehead atoms. The molecule has 37 heavy (non-hydrogen) atoms. The van der Waals surface area contributed by atoms with Crippen LogP contribution in [0.15, 0.2) is 42.5 Å². The zero-order valence-corrected chi connectivity index (χ0v) is 21.3. The average Bonchev–Trinajstić information content (AvgIpc) is 3.32. The van der Waals surface area contributed by atoms with E-state index in [2.05, 4.69) is 14.8 Å². The largest absolute Gasteiger partial charge is 0.481 e. The van der Waals surface area contributed by atoms with Gasteiger partial charge in [-0.3, -0.25) is 9.59 Å². The number of benzene rings is 2. The molecule has 2 aromatic carbocycles. The molecule has 0 atom stereocenters. The predicted molar refractivity (Wildman–Crippen MR) is 139 cm³/mol. The Bertz CT molecular complexity index is 1470. The highest BCUT2D eigenvalue weighted by atomic mass is 35.5. The van der Waals surface area contributed by atoms with Crippen molar-refractivity contribution < 1.29 is 14.7 Å². The normalized spacial score (nSPS) is 13.1. The molecule has 5 rings (SSSR count). The molecule has 3 heterocycles. The molecule has 190 valence electrons. The molecule has 10 heteroatoms. The van der Waals surface area contributed by atoms with Gasteiger partial charge in [0.25, 0.3) is 5.91 Å². The zero-order valence-electron chi connectivity index (χ0n) is 20.5. The maximum absolute atomic E-state index is 13.4. The minimum atomic E-state index is -0.812. The van der Waals surface area contributed by atoms with Crippen LogP contribution in [0.25, 0.3) is 22.3 Å². The number of carboxylic acid groups (broad SMARTS) is 1. The summed E-state index contributed by atoms with van der Waals surface area (Å²) < 4.78 is 2.09. The molecular weight excluding hydrogens is 492 g/mol. The molecule has 1 aliphatic heterocycles. The fraction of sp³-hybridized carbons (Fsp3) is 0.333. The quantitative estimate of drug-likeness (QED) is 0.340. The van der Waals surface area contributed by atoms with Crippen molar-refractivity contribution in [1.82, 2.24) is 29.6 Å². The molecule has 4 aromatic rings. The Kier molecular flexibility index (Phi) is 7.14. The van der Waals surface area contributed by atoms with Crippen molar-refractivity contribution in [3.8, 4) is 11.3 Å². The molecule has 0 radical (unpaired) electrons. The van der Waals surface area contributed by atoms with E-state index in [9.17, 15) is 9.59 Å². The van der Waals surface area contributed by atoms with Gasteiger partial charge in [-0.2, -0.15) is 0 Å². The summed E-state index contributed by atoms with van der Waals surface area (Å²) in [7, 11) is 0. The van der Waals surface area contributed by atoms with Crippen LogP contribution in [-0.2, 0) is 30.7 Å². The van der Waals surface area contributed by atoms with Gasteiger partial charge in [-0.05, 0) is 49.6 Å². The smallest absolute Gasteiger partial charge is 0.303 e. The first kappa shape index (κ1) is 24.8. The zero-order chi connectivity index (χ0) is 25.9. The second-order valence-electron chi connectivity index (χ2n) is 9.09. The van der Waals surface area contributed by atoms with Gasteiger partial charge in [0.2, 0.25) is 0 Å². The number of nitrogens with zero attached hydrogens (tertiary/aromatic N) is 6. The Balaban J connectivity index is 1.44. The summed E-state index contributed by atoms with van der Waals surface area (Å²) in [6, 6.07) is 12.8. The molecule has 1 N–H and O–H groups in total. The lowest BCUT2D eigenvalue weighted by Gasteiger charge is -2.28. The van der Waals surface area contributed by atoms with E-state index in [4.69, 9.17) is 26.7 Å². The second kappa shape index (κ2) is 10.6. The third kappa shape index (κ3) is 5.32. The molecule has 0 unspecified atom stereocenters. The van der Waals surface area contributed by atoms with Gasteiger partial charge in [0.05, 0.1) is 29.0 Å². The highest BCUT2D eigenvalue weighted by Gasteiger charge is 2.25. The van der Waals surface area contributed by atoms with Gasteiger partial charge in [-0.25, -0.2) is 9.97 Å². The van der Waals surface area contributed by atoms with E-state index in [1.807, 2.05) is 37.3 Å². The number of carboxylic acids is 1. The van der Waals surface area contributed by atoms with Gasteiger partial charge in [0.1, 0.15) is 5.82 Å². The number of fused-ring (bicyclic) bond motifs is 2. The highest BCUT2D eigenvalue weighted by Crippen LogP contribution is 2.27. The number of halogens is 1. The maximum atomic E-state index is 13.4. The predicted octanol–water partition coefficient (Wildman–Crippen LogP) is 4.56. The van der Waals surface area contributed by atoms with Crippen LogP contribution < -0.4 is 0 Å². The van der Waals surface area contributed by atoms with Gasteiger partial charge in [0, 0.05) is 42.1 Å². The van der Waals surface area contributed by atoms with Crippen LogP contribution in [0.4, 0.5) is 0 Å². The van der Waals surface area contributed by atoms with Crippen LogP contribution in [0.5, 0.6) is 0 Å². The van der Waals surface area contributed by atoms with Crippen LogP contribution in [0.1, 0.15) is 53.9 Å². The maximum Gasteiger partial charge on any atom is 0.303 e. The summed E-state index contributed by atoms with van der Waals surface area (Å²) >= 11 is 6.08. The number of aromatic nitrogens is 5. The number of unbranched alkanes of at least 4 members (excludes halogenated alkanes) is 1. The first-order chi connectivity index (χ1) is 17.9. The van der Waals surface area contributed by atoms with E-state index >= 15 is 0 Å². The van der Waals surface area contributed by atoms with Crippen molar-refractivity contribution in [2.24, 2.45) is 0 Å². The molecule has 0 spiro atoms. The Hall–Kier alpha value is -3.85. The number of hydrogen-bond acceptors (Lipinski definition) is 6. The Morgan fingerprint density at radius 3 is 2.57 bits per heavy atom. The second-order valence-corrected chi connectivity index (χ2v) is 9.53. The van der Waals surface area contributed by atoms with Gasteiger partial charge in [0.15, 0.2) is 5.82 Å². The summed E-state index contributed by atoms with van der Waals surface area (Å²) in [6.45, 7) is 3.73. The van der Waals surface area contributed by atoms with Crippen molar-refractivity contribution in [2.75, 3.05) is 6.54 Å². The van der Waals surface area contributed by atoms with E-state index < -0.39 is 5.97 Å². The standard InChI is InChI=1S/C27H27ClN6O3/c1-2-23-31-32-24-16-33(13-14-34(23)24)27(37)18-9-12-20-22(15-18)29-21(5-3-4-6-25(35)36)26(30-20)17-7-10-19(28)11-8-17/h7-12,15H,2-6,13-14,16H2,1H3,(H,35,36). The lowest BCUT2D eigenvalue weighted by molar-refractivity contribution is -0.137. The molecule has 1 amide bonds. The summed E-state index contributed by atoms with van der Waals surface area (Å²) in [5.41, 5.74) is 4.24. The van der Waals surface area contributed by atoms with E-state index in [0.29, 0.717) is 60.5 Å². The van der Waals surface area contributed by atoms with Crippen molar-refractivity contribution in [3.63, 3.8) is 0 Å². The van der Waals surface area contributed by atoms with Gasteiger partial charge >= 0.3 is 5.97 Å². The first-order valence-corrected chi connectivity index (χ1v) is 12.8. The van der Waals surface area contributed by atoms with Gasteiger partial charge in [-0.1, -0.05) is 30.7 Å². The molecule has 1 aliphatic rings. The molecule has 9 nitrogen and oxygen atoms in total. The van der Waals surface area contributed by atoms with Crippen molar-refractivity contribution >= 4 is 34.5 Å². The van der Waals surface area contributed by atoms with Gasteiger partial charge < -0.3 is 14.6 Å². The fourth-order valence-corrected chi connectivity index (χ4v) is 4.77. The van der Waals surface area contributed by atoms with E-state index in [-0.39, 0.29) is 12.3 Å². The number of aryl methyl sites for hydroxylation is 2. The Morgan fingerprint density at radius 1 is 1.00 bits per heavy atom. The lowest BCUT2D eigenvalue weighted by atomic mass is 10.0. The third-order valence-electron chi connectivity index (χ3n) is 6.59. The van der Waals surface area contributed by atoms with Crippen LogP contribution in [0.3, 0.4) is 0 Å². The molecule has 0 saturated carbocycles. The van der Waals surface area contributed by atoms with Crippen molar-refractivity contribution in [3.05, 3.63) is 70.4 Å². The molecule has 0 saturated heterocycles. The molecular formula is C27H27ClN6O3. The number of carbonyl (C=O) groups excluding carboxylic acids is 1. The van der Waals surface area contributed by atoms with Gasteiger partial charge in [-0.15, -0.1) is 10.2 Å². The summed E-state index contributed by atoms with van der Waals surface area (Å²) in [4.78, 5) is 35.8. The summed E-state index contributed by atoms with van der Waals surface area (Å²) in [5.74, 6) is 0.845. The number of rotatable bonds is 8. The number of carbonyl (C=O) groups is 2. The SMILES string of the molecule is CCc1nnc2n1CCN(C(=O)c1ccc3nc(-c4ccc(Cl)cc4)c(CCCCC(=O)O)nc3c1)C2. The van der Waals surface area contributed by atoms with E-state index in [1.54, 1.807) is 17.0 Å². The van der Waals surface area contributed by atoms with Crippen molar-refractivity contribution in [2.45, 2.75) is 52.1 Å². The van der Waals surface area contributed by atoms with Crippen LogP contribution in [0.2, 0.25) is 5.02 Å². The van der Waals surface area contributed by atoms with E-state index in [1.165, 1.54) is 0 Å². The third-order valence-corrected chi connectivity index (χ3v) is 6.84. The Labute approximate surface area is 219 Å². The molecule has 0 fully saturated rings. The fourth-order valence-electron chi connectivity index (χ4n) is 4.64. The van der Waals surface area contributed by atoms with E-state index in [0.717, 1.165) is 35.0 Å². The Morgan fingerprint density at radius 2 is 1.81 bits per heavy atom. The van der Waals surface area contributed by atoms with Crippen molar-refractivity contribution in [1.29, 1.82) is 0 Å². The monoisotopic (exact) mass is 518 g/mol. The lowest BCUT2D eigenvalue weighted by Crippen LogP contribution is -2.38. The minimum Gasteiger partial charge on any atom is -0.481 e. The topological polar surface area (TPSA) is 114 Å². The van der Waals surface area contributed by atoms with Crippen LogP contribution >= 0.6 is 11.6 Å².